The summed E-state index contributed by atoms with van der Waals surface area (Å²) in [5.74, 6) is -1.72. The average molecular weight is 545 g/mol. The van der Waals surface area contributed by atoms with Crippen LogP contribution in [0.25, 0.3) is 0 Å². The second kappa shape index (κ2) is 10.1. The van der Waals surface area contributed by atoms with E-state index in [9.17, 15) is 28.8 Å². The molecule has 0 radical (unpaired) electrons. The number of aromatic nitrogens is 6. The van der Waals surface area contributed by atoms with Crippen LogP contribution in [0.4, 0.5) is 0 Å². The van der Waals surface area contributed by atoms with E-state index in [1.54, 1.807) is 48.5 Å². The molecule has 15 heteroatoms. The van der Waals surface area contributed by atoms with Crippen LogP contribution < -0.4 is 11.1 Å². The predicted octanol–water partition coefficient (Wildman–Crippen LogP) is 0.585. The van der Waals surface area contributed by atoms with Crippen molar-refractivity contribution in [2.75, 3.05) is 0 Å². The van der Waals surface area contributed by atoms with Gasteiger partial charge in [0.1, 0.15) is 17.7 Å². The number of fused-ring (bicyclic) bond motifs is 2. The molecular formula is C24H16N8O6S. The first kappa shape index (κ1) is 25.2. The number of H-pyrrole nitrogens is 3. The smallest absolute Gasteiger partial charge is 0.275 e. The van der Waals surface area contributed by atoms with Gasteiger partial charge in [-0.05, 0) is 36.5 Å². The summed E-state index contributed by atoms with van der Waals surface area (Å²) in [6, 6.07) is 13.0. The van der Waals surface area contributed by atoms with Gasteiger partial charge in [-0.15, -0.1) is 10.2 Å². The molecule has 2 aliphatic heterocycles. The number of amides is 4. The normalized spacial score (nSPS) is 13.7. The summed E-state index contributed by atoms with van der Waals surface area (Å²) < 4.78 is 0.0844. The topological polar surface area (TPSA) is 195 Å². The van der Waals surface area contributed by atoms with Gasteiger partial charge in [0.05, 0.1) is 35.3 Å². The van der Waals surface area contributed by atoms with Crippen molar-refractivity contribution in [1.29, 1.82) is 0 Å². The van der Waals surface area contributed by atoms with E-state index in [1.165, 1.54) is 0 Å². The number of benzene rings is 2. The number of carbonyl (C=O) groups is 4. The van der Waals surface area contributed by atoms with E-state index in [1.807, 2.05) is 0 Å². The lowest BCUT2D eigenvalue weighted by Gasteiger charge is -2.11. The highest BCUT2D eigenvalue weighted by atomic mass is 32.1. The van der Waals surface area contributed by atoms with E-state index in [0.29, 0.717) is 22.3 Å². The maximum absolute atomic E-state index is 12.1. The highest BCUT2D eigenvalue weighted by Gasteiger charge is 2.36. The zero-order valence-electron chi connectivity index (χ0n) is 19.7. The Labute approximate surface area is 222 Å². The van der Waals surface area contributed by atoms with Crippen LogP contribution in [-0.2, 0) is 13.1 Å². The third-order valence-corrected chi connectivity index (χ3v) is 6.04. The van der Waals surface area contributed by atoms with Gasteiger partial charge in [0.2, 0.25) is 0 Å². The minimum atomic E-state index is -0.523. The molecule has 6 rings (SSSR count). The maximum Gasteiger partial charge on any atom is 0.275 e. The van der Waals surface area contributed by atoms with Gasteiger partial charge in [0.15, 0.2) is 4.77 Å². The zero-order valence-corrected chi connectivity index (χ0v) is 20.5. The average Bonchev–Trinajstić information content (AvgIpc) is 3.32. The molecule has 39 heavy (non-hydrogen) atoms. The van der Waals surface area contributed by atoms with Crippen LogP contribution in [0.3, 0.4) is 0 Å². The van der Waals surface area contributed by atoms with Crippen molar-refractivity contribution in [3.63, 3.8) is 0 Å². The van der Waals surface area contributed by atoms with E-state index < -0.39 is 34.7 Å². The molecular weight excluding hydrogens is 528 g/mol. The van der Waals surface area contributed by atoms with E-state index in [4.69, 9.17) is 12.2 Å². The first-order chi connectivity index (χ1) is 18.8. The van der Waals surface area contributed by atoms with Gasteiger partial charge in [-0.1, -0.05) is 24.3 Å². The van der Waals surface area contributed by atoms with E-state index in [0.717, 1.165) is 16.1 Å². The Bertz CT molecular complexity index is 1770. The van der Waals surface area contributed by atoms with Crippen molar-refractivity contribution in [3.05, 3.63) is 114 Å². The number of rotatable bonds is 4. The summed E-state index contributed by atoms with van der Waals surface area (Å²) in [5.41, 5.74) is 0.401. The van der Waals surface area contributed by atoms with Gasteiger partial charge in [-0.3, -0.25) is 48.6 Å². The first-order valence-corrected chi connectivity index (χ1v) is 11.6. The molecule has 194 valence electrons. The minimum absolute atomic E-state index is 0.0214. The monoisotopic (exact) mass is 544 g/mol. The molecule has 3 N–H and O–H groups in total. The Morgan fingerprint density at radius 3 is 1.56 bits per heavy atom. The molecule has 0 spiro atoms. The summed E-state index contributed by atoms with van der Waals surface area (Å²) >= 11 is 4.72. The highest BCUT2D eigenvalue weighted by molar-refractivity contribution is 7.71. The molecule has 2 aromatic carbocycles. The number of nitrogens with one attached hydrogen (secondary N) is 3. The van der Waals surface area contributed by atoms with Crippen molar-refractivity contribution < 1.29 is 19.2 Å². The van der Waals surface area contributed by atoms with E-state index in [-0.39, 0.29) is 29.2 Å². The Morgan fingerprint density at radius 2 is 1.13 bits per heavy atom. The number of imide groups is 2. The lowest BCUT2D eigenvalue weighted by Crippen LogP contribution is -2.32. The van der Waals surface area contributed by atoms with Crippen LogP contribution in [0.15, 0.2) is 64.4 Å². The van der Waals surface area contributed by atoms with E-state index >= 15 is 0 Å². The summed E-state index contributed by atoms with van der Waals surface area (Å²) in [5, 5.41) is 13.3. The van der Waals surface area contributed by atoms with Gasteiger partial charge in [0, 0.05) is 0 Å². The summed E-state index contributed by atoms with van der Waals surface area (Å²) in [6.45, 7) is -0.386. The Hall–Kier alpha value is -5.44. The molecule has 14 nitrogen and oxygen atoms in total. The standard InChI is InChI=1S/C12H8N4O3S.C12H8N4O3/c17-9-8(14-15-12(20)13-9)5-16-10(18)6-3-1-2-4-7(6)11(16)19;17-10-9(15-14-6-13-10)5-16-11(18)7-3-1-2-4-8(7)12(16)19/h1-4H,5H2,(H2,13,15,17,20);1-4,6H,5H2,(H,13,14,17). The molecule has 4 amide bonds. The number of hydrogen-bond acceptors (Lipinski definition) is 10. The van der Waals surface area contributed by atoms with E-state index in [2.05, 4.69) is 30.4 Å². The number of carbonyl (C=O) groups excluding carboxylic acids is 4. The molecule has 4 aromatic rings. The van der Waals surface area contributed by atoms with Gasteiger partial charge in [0.25, 0.3) is 34.7 Å². The van der Waals surface area contributed by atoms with Gasteiger partial charge < -0.3 is 4.98 Å². The lowest BCUT2D eigenvalue weighted by atomic mass is 10.1. The minimum Gasteiger partial charge on any atom is -0.310 e. The maximum atomic E-state index is 12.1. The SMILES string of the molecule is O=C1c2ccccc2C(=O)N1Cc1n[nH]c(=S)[nH]c1=O.O=C1c2ccccc2C(=O)N1Cc1nnc[nH]c1=O. The molecule has 4 heterocycles. The Morgan fingerprint density at radius 1 is 0.667 bits per heavy atom. The second-order valence-electron chi connectivity index (χ2n) is 8.20. The molecule has 0 atom stereocenters. The summed E-state index contributed by atoms with van der Waals surface area (Å²) in [6.07, 6.45) is 1.15. The van der Waals surface area contributed by atoms with Crippen LogP contribution in [-0.4, -0.2) is 63.8 Å². The first-order valence-electron chi connectivity index (χ1n) is 11.2. The third-order valence-electron chi connectivity index (χ3n) is 5.85. The van der Waals surface area contributed by atoms with Crippen LogP contribution in [0.1, 0.15) is 52.8 Å². The second-order valence-corrected chi connectivity index (χ2v) is 8.61. The lowest BCUT2D eigenvalue weighted by molar-refractivity contribution is 0.0624. The number of aromatic amines is 3. The van der Waals surface area contributed by atoms with Crippen molar-refractivity contribution in [3.8, 4) is 0 Å². The highest BCUT2D eigenvalue weighted by Crippen LogP contribution is 2.24. The van der Waals surface area contributed by atoms with Crippen molar-refractivity contribution >= 4 is 35.8 Å². The van der Waals surface area contributed by atoms with Crippen molar-refractivity contribution in [2.24, 2.45) is 0 Å². The molecule has 2 aliphatic rings. The summed E-state index contributed by atoms with van der Waals surface area (Å²) in [4.78, 5) is 78.2. The van der Waals surface area contributed by atoms with Gasteiger partial charge >= 0.3 is 0 Å². The molecule has 0 aliphatic carbocycles. The quantitative estimate of drug-likeness (QED) is 0.242. The van der Waals surface area contributed by atoms with Crippen LogP contribution in [0.5, 0.6) is 0 Å². The third kappa shape index (κ3) is 4.69. The fourth-order valence-electron chi connectivity index (χ4n) is 3.96. The molecule has 0 unspecified atom stereocenters. The molecule has 0 bridgehead atoms. The van der Waals surface area contributed by atoms with Crippen LogP contribution in [0.2, 0.25) is 0 Å². The number of hydrogen-bond donors (Lipinski definition) is 3. The fraction of sp³-hybridized carbons (Fsp3) is 0.0833. The Kier molecular flexibility index (Phi) is 6.56. The van der Waals surface area contributed by atoms with Crippen LogP contribution in [0, 0.1) is 4.77 Å². The van der Waals surface area contributed by atoms with Crippen molar-refractivity contribution in [2.45, 2.75) is 13.1 Å². The Balaban J connectivity index is 0.000000158. The molecule has 2 aromatic heterocycles. The van der Waals surface area contributed by atoms with Gasteiger partial charge in [-0.25, -0.2) is 0 Å². The molecule has 0 saturated heterocycles. The largest absolute Gasteiger partial charge is 0.310 e. The van der Waals surface area contributed by atoms with Crippen LogP contribution >= 0.6 is 12.2 Å². The predicted molar refractivity (Wildman–Crippen MR) is 134 cm³/mol. The zero-order chi connectivity index (χ0) is 27.7. The summed E-state index contributed by atoms with van der Waals surface area (Å²) in [7, 11) is 0. The fourth-order valence-corrected chi connectivity index (χ4v) is 4.10. The number of nitrogens with zero attached hydrogens (tertiary/aromatic N) is 5. The molecule has 0 fully saturated rings. The van der Waals surface area contributed by atoms with Gasteiger partial charge in [-0.2, -0.15) is 5.10 Å². The molecule has 0 saturated carbocycles. The van der Waals surface area contributed by atoms with Crippen molar-refractivity contribution in [1.82, 2.24) is 40.2 Å².